The molecule has 2 rings (SSSR count). The summed E-state index contributed by atoms with van der Waals surface area (Å²) < 4.78 is 19.5. The quantitative estimate of drug-likeness (QED) is 0.814. The van der Waals surface area contributed by atoms with Gasteiger partial charge in [0.1, 0.15) is 0 Å². The van der Waals surface area contributed by atoms with Crippen LogP contribution in [0.25, 0.3) is 11.1 Å². The maximum absolute atomic E-state index is 14.0. The summed E-state index contributed by atoms with van der Waals surface area (Å²) in [6.45, 7) is 0. The van der Waals surface area contributed by atoms with Crippen molar-refractivity contribution in [2.75, 3.05) is 7.11 Å². The molecule has 0 aliphatic rings. The maximum Gasteiger partial charge on any atom is 0.165 e. The van der Waals surface area contributed by atoms with Gasteiger partial charge in [0.2, 0.25) is 0 Å². The average Bonchev–Trinajstić information content (AvgIpc) is 2.37. The number of aromatic hydroxyl groups is 1. The summed E-state index contributed by atoms with van der Waals surface area (Å²) >= 11 is 8.96. The van der Waals surface area contributed by atoms with E-state index < -0.39 is 5.82 Å². The minimum Gasteiger partial charge on any atom is -0.504 e. The molecule has 0 atom stereocenters. The van der Waals surface area contributed by atoms with Crippen LogP contribution in [0.1, 0.15) is 0 Å². The van der Waals surface area contributed by atoms with E-state index in [1.807, 2.05) is 0 Å². The minimum absolute atomic E-state index is 0.0188. The Morgan fingerprint density at radius 3 is 2.61 bits per heavy atom. The zero-order chi connectivity index (χ0) is 13.3. The summed E-state index contributed by atoms with van der Waals surface area (Å²) in [5, 5.41) is 9.96. The van der Waals surface area contributed by atoms with E-state index in [0.717, 1.165) is 0 Å². The molecule has 0 saturated heterocycles. The number of rotatable bonds is 2. The van der Waals surface area contributed by atoms with Gasteiger partial charge in [-0.15, -0.1) is 0 Å². The highest BCUT2D eigenvalue weighted by atomic mass is 79.9. The van der Waals surface area contributed by atoms with Gasteiger partial charge >= 0.3 is 0 Å². The molecule has 2 aromatic rings. The Hall–Kier alpha value is -1.26. The van der Waals surface area contributed by atoms with E-state index in [2.05, 4.69) is 15.9 Å². The molecule has 0 unspecified atom stereocenters. The van der Waals surface area contributed by atoms with E-state index in [4.69, 9.17) is 16.3 Å². The second-order valence-electron chi connectivity index (χ2n) is 3.58. The zero-order valence-electron chi connectivity index (χ0n) is 9.38. The molecule has 0 aromatic heterocycles. The van der Waals surface area contributed by atoms with Crippen molar-refractivity contribution >= 4 is 27.5 Å². The molecule has 0 spiro atoms. The average molecular weight is 332 g/mol. The lowest BCUT2D eigenvalue weighted by Gasteiger charge is -2.10. The highest BCUT2D eigenvalue weighted by Gasteiger charge is 2.16. The molecule has 0 heterocycles. The lowest BCUT2D eigenvalue weighted by atomic mass is 10.0. The van der Waals surface area contributed by atoms with Gasteiger partial charge in [0.25, 0.3) is 0 Å². The third-order valence-electron chi connectivity index (χ3n) is 2.54. The fourth-order valence-corrected chi connectivity index (χ4v) is 2.11. The molecule has 0 amide bonds. The molecule has 1 N–H and O–H groups in total. The number of benzene rings is 2. The molecule has 0 aliphatic heterocycles. The van der Waals surface area contributed by atoms with Crippen molar-refractivity contribution in [3.63, 3.8) is 0 Å². The van der Waals surface area contributed by atoms with Crippen molar-refractivity contribution in [2.24, 2.45) is 0 Å². The predicted octanol–water partition coefficient (Wildman–Crippen LogP) is 4.62. The standard InChI is InChI=1S/C13H9BrClFO2/c1-18-10-4-2-3-8(13(10)17)7-5-6-9(14)11(15)12(7)16/h2-6,17H,1H3. The largest absolute Gasteiger partial charge is 0.504 e. The van der Waals surface area contributed by atoms with E-state index in [9.17, 15) is 9.50 Å². The first-order valence-electron chi connectivity index (χ1n) is 5.06. The van der Waals surface area contributed by atoms with Crippen LogP contribution in [0, 0.1) is 5.82 Å². The van der Waals surface area contributed by atoms with Gasteiger partial charge in [-0.3, -0.25) is 0 Å². The minimum atomic E-state index is -0.588. The molecule has 2 nitrogen and oxygen atoms in total. The maximum atomic E-state index is 14.0. The lowest BCUT2D eigenvalue weighted by molar-refractivity contribution is 0.374. The Labute approximate surface area is 117 Å². The monoisotopic (exact) mass is 330 g/mol. The van der Waals surface area contributed by atoms with Gasteiger partial charge in [-0.25, -0.2) is 4.39 Å². The first kappa shape index (κ1) is 13.2. The number of hydrogen-bond acceptors (Lipinski definition) is 2. The van der Waals surface area contributed by atoms with Crippen LogP contribution in [-0.2, 0) is 0 Å². The van der Waals surface area contributed by atoms with Gasteiger partial charge in [-0.1, -0.05) is 29.8 Å². The summed E-state index contributed by atoms with van der Waals surface area (Å²) in [5.41, 5.74) is 0.556. The SMILES string of the molecule is COc1cccc(-c2ccc(Br)c(Cl)c2F)c1O. The molecule has 94 valence electrons. The van der Waals surface area contributed by atoms with Crippen molar-refractivity contribution in [3.05, 3.63) is 45.6 Å². The Kier molecular flexibility index (Phi) is 3.78. The zero-order valence-corrected chi connectivity index (χ0v) is 11.7. The number of methoxy groups -OCH3 is 1. The number of halogens is 3. The molecule has 0 radical (unpaired) electrons. The Morgan fingerprint density at radius 2 is 1.94 bits per heavy atom. The van der Waals surface area contributed by atoms with E-state index in [1.54, 1.807) is 30.3 Å². The van der Waals surface area contributed by atoms with Crippen molar-refractivity contribution in [2.45, 2.75) is 0 Å². The number of phenols is 1. The fourth-order valence-electron chi connectivity index (χ4n) is 1.64. The second-order valence-corrected chi connectivity index (χ2v) is 4.81. The number of para-hydroxylation sites is 1. The Morgan fingerprint density at radius 1 is 1.22 bits per heavy atom. The van der Waals surface area contributed by atoms with Crippen LogP contribution in [0.4, 0.5) is 4.39 Å². The number of hydrogen-bond donors (Lipinski definition) is 1. The van der Waals surface area contributed by atoms with Gasteiger partial charge in [0.15, 0.2) is 17.3 Å². The smallest absolute Gasteiger partial charge is 0.165 e. The Balaban J connectivity index is 2.66. The predicted molar refractivity (Wildman–Crippen MR) is 72.8 cm³/mol. The molecule has 0 aliphatic carbocycles. The van der Waals surface area contributed by atoms with Gasteiger partial charge in [0, 0.05) is 15.6 Å². The molecule has 0 fully saturated rings. The van der Waals surface area contributed by atoms with Gasteiger partial charge in [0.05, 0.1) is 12.1 Å². The van der Waals surface area contributed by atoms with Crippen LogP contribution >= 0.6 is 27.5 Å². The second kappa shape index (κ2) is 5.16. The third-order valence-corrected chi connectivity index (χ3v) is 3.80. The van der Waals surface area contributed by atoms with Crippen molar-refractivity contribution in [1.29, 1.82) is 0 Å². The highest BCUT2D eigenvalue weighted by molar-refractivity contribution is 9.10. The summed E-state index contributed by atoms with van der Waals surface area (Å²) in [4.78, 5) is 0. The van der Waals surface area contributed by atoms with Crippen molar-refractivity contribution in [1.82, 2.24) is 0 Å². The highest BCUT2D eigenvalue weighted by Crippen LogP contribution is 2.40. The van der Waals surface area contributed by atoms with Gasteiger partial charge in [-0.05, 0) is 28.1 Å². The van der Waals surface area contributed by atoms with Crippen LogP contribution in [0.15, 0.2) is 34.8 Å². The van der Waals surface area contributed by atoms with Crippen molar-refractivity contribution < 1.29 is 14.2 Å². The van der Waals surface area contributed by atoms with Crippen LogP contribution < -0.4 is 4.74 Å². The topological polar surface area (TPSA) is 29.5 Å². The number of phenolic OH excluding ortho intramolecular Hbond substituents is 1. The van der Waals surface area contributed by atoms with Crippen LogP contribution in [0.5, 0.6) is 11.5 Å². The molecule has 0 bridgehead atoms. The molecule has 5 heteroatoms. The van der Waals surface area contributed by atoms with E-state index in [0.29, 0.717) is 10.0 Å². The van der Waals surface area contributed by atoms with E-state index in [1.165, 1.54) is 7.11 Å². The van der Waals surface area contributed by atoms with Gasteiger partial charge < -0.3 is 9.84 Å². The number of ether oxygens (including phenoxy) is 1. The molecule has 2 aromatic carbocycles. The first-order valence-corrected chi connectivity index (χ1v) is 6.23. The first-order chi connectivity index (χ1) is 8.56. The molecule has 18 heavy (non-hydrogen) atoms. The Bertz CT molecular complexity index is 602. The molecular formula is C13H9BrClFO2. The van der Waals surface area contributed by atoms with Crippen LogP contribution in [-0.4, -0.2) is 12.2 Å². The van der Waals surface area contributed by atoms with Gasteiger partial charge in [-0.2, -0.15) is 0 Å². The normalized spacial score (nSPS) is 10.4. The summed E-state index contributed by atoms with van der Waals surface area (Å²) in [5.74, 6) is -0.419. The van der Waals surface area contributed by atoms with E-state index in [-0.39, 0.29) is 22.1 Å². The summed E-state index contributed by atoms with van der Waals surface area (Å²) in [6, 6.07) is 8.03. The lowest BCUT2D eigenvalue weighted by Crippen LogP contribution is -1.90. The van der Waals surface area contributed by atoms with Crippen LogP contribution in [0.3, 0.4) is 0 Å². The van der Waals surface area contributed by atoms with Crippen molar-refractivity contribution in [3.8, 4) is 22.6 Å². The summed E-state index contributed by atoms with van der Waals surface area (Å²) in [6.07, 6.45) is 0. The molecule has 0 saturated carbocycles. The fraction of sp³-hybridized carbons (Fsp3) is 0.0769. The third kappa shape index (κ3) is 2.18. The van der Waals surface area contributed by atoms with Crippen LogP contribution in [0.2, 0.25) is 5.02 Å². The summed E-state index contributed by atoms with van der Waals surface area (Å²) in [7, 11) is 1.43. The molecular weight excluding hydrogens is 322 g/mol. The van der Waals surface area contributed by atoms with E-state index >= 15 is 0 Å².